The number of hydrogen-bond donors (Lipinski definition) is 0. The average Bonchev–Trinajstić information content (AvgIpc) is 3.47. The molecular formula is C32H33F2N7O2. The van der Waals surface area contributed by atoms with Crippen molar-refractivity contribution < 1.29 is 18.3 Å². The van der Waals surface area contributed by atoms with Gasteiger partial charge < -0.3 is 24.3 Å². The zero-order valence-corrected chi connectivity index (χ0v) is 24.1. The Balaban J connectivity index is 1.30. The molecule has 2 aromatic heterocycles. The minimum atomic E-state index is -0.600. The summed E-state index contributed by atoms with van der Waals surface area (Å²) in [4.78, 5) is 35.7. The lowest BCUT2D eigenvalue weighted by atomic mass is 9.96. The maximum absolute atomic E-state index is 16.5. The smallest absolute Gasteiger partial charge is 0.319 e. The molecule has 1 aromatic carbocycles. The standard InChI is InChI=1S/C32H33F2N7O2/c1-4-26(42)41-11-10-40(16-20(41)14-35-2)31-24-15-36-29(21-7-8-25(33)27-22-12-18(22)13-23(21)27)28(34)30(24)37-32(38-31)43-17-19-6-5-9-39(19)3/h4,7-8,15,18-20,22H,1,5-6,9-14,16-17H2,3H3/t18-,19-,20-,22-/m0/s1. The van der Waals surface area contributed by atoms with Gasteiger partial charge in [-0.25, -0.2) is 15.4 Å². The Labute approximate surface area is 249 Å². The molecule has 222 valence electrons. The number of likely N-dealkylation sites (tertiary alicyclic amines) is 1. The number of piperazine rings is 1. The molecule has 9 nitrogen and oxygen atoms in total. The van der Waals surface area contributed by atoms with Crippen LogP contribution in [0.25, 0.3) is 27.0 Å². The van der Waals surface area contributed by atoms with E-state index >= 15 is 4.39 Å². The number of likely N-dealkylation sites (N-methyl/N-ethyl adjacent to an activating group) is 1. The van der Waals surface area contributed by atoms with E-state index in [0.29, 0.717) is 54.5 Å². The van der Waals surface area contributed by atoms with Crippen molar-refractivity contribution in [2.45, 2.75) is 43.7 Å². The summed E-state index contributed by atoms with van der Waals surface area (Å²) < 4.78 is 37.4. The predicted molar refractivity (Wildman–Crippen MR) is 158 cm³/mol. The number of carbonyl (C=O) groups excluding carboxylic acids is 1. The van der Waals surface area contributed by atoms with Crippen LogP contribution in [0.3, 0.4) is 0 Å². The molecule has 0 radical (unpaired) electrons. The first kappa shape index (κ1) is 27.7. The van der Waals surface area contributed by atoms with Gasteiger partial charge in [0, 0.05) is 37.4 Å². The first-order valence-corrected chi connectivity index (χ1v) is 14.9. The fraction of sp³-hybridized carbons (Fsp3) is 0.469. The van der Waals surface area contributed by atoms with Gasteiger partial charge in [-0.15, -0.1) is 0 Å². The molecule has 4 heterocycles. The van der Waals surface area contributed by atoms with E-state index in [4.69, 9.17) is 16.3 Å². The number of aromatic nitrogens is 3. The van der Waals surface area contributed by atoms with Crippen LogP contribution in [0.1, 0.15) is 36.3 Å². The van der Waals surface area contributed by atoms with Crippen molar-refractivity contribution in [3.05, 3.63) is 65.2 Å². The van der Waals surface area contributed by atoms with E-state index < -0.39 is 5.82 Å². The summed E-state index contributed by atoms with van der Waals surface area (Å²) in [5.41, 5.74) is 2.37. The van der Waals surface area contributed by atoms with E-state index in [1.54, 1.807) is 17.2 Å². The molecule has 2 saturated heterocycles. The molecule has 11 heteroatoms. The number of amides is 1. The number of fused-ring (bicyclic) bond motifs is 4. The highest BCUT2D eigenvalue weighted by atomic mass is 19.1. The maximum atomic E-state index is 16.5. The quantitative estimate of drug-likeness (QED) is 0.304. The van der Waals surface area contributed by atoms with Crippen molar-refractivity contribution in [1.82, 2.24) is 24.8 Å². The minimum absolute atomic E-state index is 0.0655. The number of benzene rings is 1. The molecule has 2 aliphatic heterocycles. The van der Waals surface area contributed by atoms with Crippen LogP contribution in [0.5, 0.6) is 6.01 Å². The third-order valence-corrected chi connectivity index (χ3v) is 9.58. The number of anilines is 1. The Morgan fingerprint density at radius 1 is 1.23 bits per heavy atom. The van der Waals surface area contributed by atoms with Gasteiger partial charge in [-0.3, -0.25) is 9.78 Å². The molecular weight excluding hydrogens is 552 g/mol. The zero-order chi connectivity index (χ0) is 29.8. The molecule has 0 N–H and O–H groups in total. The molecule has 3 aromatic rings. The van der Waals surface area contributed by atoms with E-state index in [-0.39, 0.29) is 53.5 Å². The first-order valence-electron chi connectivity index (χ1n) is 14.9. The number of rotatable bonds is 7. The van der Waals surface area contributed by atoms with Crippen LogP contribution in [0, 0.1) is 24.1 Å². The van der Waals surface area contributed by atoms with E-state index in [2.05, 4.69) is 33.3 Å². The Hall–Kier alpha value is -4.17. The van der Waals surface area contributed by atoms with Gasteiger partial charge in [0.05, 0.1) is 5.39 Å². The van der Waals surface area contributed by atoms with Gasteiger partial charge in [-0.05, 0) is 80.4 Å². The van der Waals surface area contributed by atoms with E-state index in [1.165, 1.54) is 12.1 Å². The first-order chi connectivity index (χ1) is 20.9. The topological polar surface area (TPSA) is 79.1 Å². The summed E-state index contributed by atoms with van der Waals surface area (Å²) in [5.74, 6) is 0.0288. The summed E-state index contributed by atoms with van der Waals surface area (Å²) in [5, 5.41) is 0.415. The molecule has 43 heavy (non-hydrogen) atoms. The number of pyridine rings is 1. The molecule has 4 atom stereocenters. The molecule has 3 fully saturated rings. The monoisotopic (exact) mass is 585 g/mol. The van der Waals surface area contributed by atoms with Crippen molar-refractivity contribution in [3.8, 4) is 17.3 Å². The molecule has 0 spiro atoms. The summed E-state index contributed by atoms with van der Waals surface area (Å²) in [7, 11) is 2.05. The highest BCUT2D eigenvalue weighted by molar-refractivity contribution is 5.93. The molecule has 4 aliphatic rings. The lowest BCUT2D eigenvalue weighted by molar-refractivity contribution is -0.128. The molecule has 0 bridgehead atoms. The Morgan fingerprint density at radius 3 is 2.86 bits per heavy atom. The summed E-state index contributed by atoms with van der Waals surface area (Å²) in [6.07, 6.45) is 6.62. The molecule has 0 unspecified atom stereocenters. The molecule has 2 aliphatic carbocycles. The van der Waals surface area contributed by atoms with Crippen LogP contribution in [-0.2, 0) is 11.2 Å². The number of halogens is 2. The molecule has 1 amide bonds. The Bertz CT molecular complexity index is 1670. The van der Waals surface area contributed by atoms with Gasteiger partial charge in [0.2, 0.25) is 12.5 Å². The van der Waals surface area contributed by atoms with Crippen molar-refractivity contribution in [3.63, 3.8) is 0 Å². The van der Waals surface area contributed by atoms with Crippen LogP contribution < -0.4 is 9.64 Å². The lowest BCUT2D eigenvalue weighted by Crippen LogP contribution is -2.56. The van der Waals surface area contributed by atoms with Gasteiger partial charge in [0.1, 0.15) is 35.5 Å². The van der Waals surface area contributed by atoms with Gasteiger partial charge >= 0.3 is 6.01 Å². The van der Waals surface area contributed by atoms with E-state index in [0.717, 1.165) is 37.8 Å². The van der Waals surface area contributed by atoms with E-state index in [1.807, 2.05) is 4.90 Å². The summed E-state index contributed by atoms with van der Waals surface area (Å²) in [6, 6.07) is 2.93. The second kappa shape index (κ2) is 10.8. The number of nitrogens with zero attached hydrogens (tertiary/aromatic N) is 7. The number of carbonyl (C=O) groups is 1. The van der Waals surface area contributed by atoms with Gasteiger partial charge in [-0.2, -0.15) is 9.97 Å². The van der Waals surface area contributed by atoms with Crippen molar-refractivity contribution in [2.75, 3.05) is 51.3 Å². The SMILES string of the molecule is [C-]#[N+]C[C@H]1CN(c2nc(OC[C@@H]3CCCN3C)nc3c(F)c(-c4ccc(F)c5c4C[C@@H]4C[C@H]54)ncc23)CCN1C(=O)C=C. The van der Waals surface area contributed by atoms with Crippen molar-refractivity contribution in [1.29, 1.82) is 0 Å². The van der Waals surface area contributed by atoms with Crippen molar-refractivity contribution >= 4 is 22.6 Å². The van der Waals surface area contributed by atoms with E-state index in [9.17, 15) is 9.18 Å². The highest BCUT2D eigenvalue weighted by Crippen LogP contribution is 2.58. The second-order valence-corrected chi connectivity index (χ2v) is 12.1. The fourth-order valence-electron chi connectivity index (χ4n) is 7.16. The van der Waals surface area contributed by atoms with Gasteiger partial charge in [0.15, 0.2) is 5.82 Å². The molecule has 1 saturated carbocycles. The van der Waals surface area contributed by atoms with Crippen LogP contribution in [0.4, 0.5) is 14.6 Å². The van der Waals surface area contributed by atoms with Crippen LogP contribution >= 0.6 is 0 Å². The largest absolute Gasteiger partial charge is 0.462 e. The fourth-order valence-corrected chi connectivity index (χ4v) is 7.16. The van der Waals surface area contributed by atoms with Crippen molar-refractivity contribution in [2.24, 2.45) is 5.92 Å². The van der Waals surface area contributed by atoms with Crippen LogP contribution in [0.2, 0.25) is 0 Å². The zero-order valence-electron chi connectivity index (χ0n) is 24.1. The Morgan fingerprint density at radius 2 is 2.09 bits per heavy atom. The normalized spacial score (nSPS) is 24.5. The van der Waals surface area contributed by atoms with Crippen LogP contribution in [-0.4, -0.2) is 89.1 Å². The lowest BCUT2D eigenvalue weighted by Gasteiger charge is -2.39. The minimum Gasteiger partial charge on any atom is -0.462 e. The molecule has 7 rings (SSSR count). The predicted octanol–water partition coefficient (Wildman–Crippen LogP) is 4.23. The maximum Gasteiger partial charge on any atom is 0.319 e. The third kappa shape index (κ3) is 4.78. The average molecular weight is 586 g/mol. The third-order valence-electron chi connectivity index (χ3n) is 9.58. The van der Waals surface area contributed by atoms with Gasteiger partial charge in [-0.1, -0.05) is 6.58 Å². The van der Waals surface area contributed by atoms with Gasteiger partial charge in [0.25, 0.3) is 0 Å². The second-order valence-electron chi connectivity index (χ2n) is 12.1. The highest BCUT2D eigenvalue weighted by Gasteiger charge is 2.48. The number of ether oxygens (including phenoxy) is 1. The van der Waals surface area contributed by atoms with Crippen LogP contribution in [0.15, 0.2) is 31.0 Å². The number of hydrogen-bond acceptors (Lipinski definition) is 7. The summed E-state index contributed by atoms with van der Waals surface area (Å²) in [6.45, 7) is 13.6. The Kier molecular flexibility index (Phi) is 6.96. The summed E-state index contributed by atoms with van der Waals surface area (Å²) >= 11 is 0.